The zero-order chi connectivity index (χ0) is 16.2. The average molecular weight is 312 g/mol. The highest BCUT2D eigenvalue weighted by atomic mass is 16.1. The Morgan fingerprint density at radius 3 is 2.83 bits per heavy atom. The molecule has 2 atom stereocenters. The van der Waals surface area contributed by atoms with Gasteiger partial charge in [-0.3, -0.25) is 9.48 Å². The van der Waals surface area contributed by atoms with Crippen molar-refractivity contribution < 1.29 is 4.79 Å². The largest absolute Gasteiger partial charge is 0.378 e. The molecule has 0 bridgehead atoms. The minimum Gasteiger partial charge on any atom is -0.378 e. The first kappa shape index (κ1) is 15.6. The second-order valence-corrected chi connectivity index (χ2v) is 6.36. The molecule has 122 valence electrons. The molecule has 0 radical (unpaired) electrons. The third-order valence-corrected chi connectivity index (χ3v) is 4.54. The van der Waals surface area contributed by atoms with Gasteiger partial charge in [-0.2, -0.15) is 5.10 Å². The Morgan fingerprint density at radius 1 is 1.26 bits per heavy atom. The number of nitrogens with one attached hydrogen (secondary N) is 1. The van der Waals surface area contributed by atoms with Gasteiger partial charge in [0.25, 0.3) is 5.91 Å². The van der Waals surface area contributed by atoms with Crippen LogP contribution in [0.25, 0.3) is 0 Å². The first-order valence-electron chi connectivity index (χ1n) is 8.22. The first-order valence-corrected chi connectivity index (χ1v) is 8.22. The minimum absolute atomic E-state index is 0.00208. The average Bonchev–Trinajstić information content (AvgIpc) is 3.09. The lowest BCUT2D eigenvalue weighted by molar-refractivity contribution is 0.0905. The summed E-state index contributed by atoms with van der Waals surface area (Å²) in [6.07, 6.45) is 8.19. The highest BCUT2D eigenvalue weighted by Gasteiger charge is 2.28. The summed E-state index contributed by atoms with van der Waals surface area (Å²) in [7, 11) is 3.96. The molecule has 1 aliphatic carbocycles. The van der Waals surface area contributed by atoms with Crippen LogP contribution in [0.15, 0.2) is 42.7 Å². The maximum atomic E-state index is 12.6. The lowest BCUT2D eigenvalue weighted by atomic mass is 9.90. The standard InChI is InChI=1S/C18H24N4O/c1-21(2)15-8-5-7-14(13-15)18(23)20-16-9-3-4-10-17(16)22-12-6-11-19-22/h5-8,11-13,16-17H,3-4,9-10H2,1-2H3,(H,20,23)/t16-,17-/m1/s1. The fraction of sp³-hybridized carbons (Fsp3) is 0.444. The van der Waals surface area contributed by atoms with Crippen molar-refractivity contribution in [2.24, 2.45) is 0 Å². The second-order valence-electron chi connectivity index (χ2n) is 6.36. The number of rotatable bonds is 4. The summed E-state index contributed by atoms with van der Waals surface area (Å²) in [5.74, 6) is -0.00208. The summed E-state index contributed by atoms with van der Waals surface area (Å²) < 4.78 is 1.99. The van der Waals surface area contributed by atoms with Crippen LogP contribution in [-0.4, -0.2) is 35.8 Å². The molecule has 1 N–H and O–H groups in total. The number of amides is 1. The zero-order valence-electron chi connectivity index (χ0n) is 13.8. The maximum Gasteiger partial charge on any atom is 0.251 e. The van der Waals surface area contributed by atoms with Crippen LogP contribution in [0.4, 0.5) is 5.69 Å². The lowest BCUT2D eigenvalue weighted by Crippen LogP contribution is -2.43. The van der Waals surface area contributed by atoms with Gasteiger partial charge in [0, 0.05) is 37.7 Å². The Labute approximate surface area is 137 Å². The molecule has 5 heteroatoms. The van der Waals surface area contributed by atoms with Crippen molar-refractivity contribution in [1.29, 1.82) is 0 Å². The number of aromatic nitrogens is 2. The quantitative estimate of drug-likeness (QED) is 0.944. The van der Waals surface area contributed by atoms with E-state index in [-0.39, 0.29) is 18.0 Å². The summed E-state index contributed by atoms with van der Waals surface area (Å²) in [6.45, 7) is 0. The third kappa shape index (κ3) is 3.55. The van der Waals surface area contributed by atoms with Crippen molar-refractivity contribution in [1.82, 2.24) is 15.1 Å². The highest BCUT2D eigenvalue weighted by Crippen LogP contribution is 2.28. The van der Waals surface area contributed by atoms with E-state index in [0.717, 1.165) is 24.9 Å². The Hall–Kier alpha value is -2.30. The first-order chi connectivity index (χ1) is 11.1. The molecule has 0 spiro atoms. The summed E-state index contributed by atoms with van der Waals surface area (Å²) in [5, 5.41) is 7.59. The van der Waals surface area contributed by atoms with E-state index in [4.69, 9.17) is 0 Å². The van der Waals surface area contributed by atoms with E-state index in [1.165, 1.54) is 6.42 Å². The van der Waals surface area contributed by atoms with Gasteiger partial charge in [0.2, 0.25) is 0 Å². The van der Waals surface area contributed by atoms with Crippen molar-refractivity contribution in [2.75, 3.05) is 19.0 Å². The number of hydrogen-bond acceptors (Lipinski definition) is 3. The topological polar surface area (TPSA) is 50.2 Å². The molecular formula is C18H24N4O. The van der Waals surface area contributed by atoms with Crippen LogP contribution in [-0.2, 0) is 0 Å². The molecule has 1 aliphatic rings. The van der Waals surface area contributed by atoms with Crippen LogP contribution in [0.2, 0.25) is 0 Å². The van der Waals surface area contributed by atoms with E-state index >= 15 is 0 Å². The Morgan fingerprint density at radius 2 is 2.09 bits per heavy atom. The summed E-state index contributed by atoms with van der Waals surface area (Å²) in [4.78, 5) is 14.6. The van der Waals surface area contributed by atoms with Crippen LogP contribution < -0.4 is 10.2 Å². The molecule has 1 aromatic carbocycles. The van der Waals surface area contributed by atoms with Gasteiger partial charge in [-0.25, -0.2) is 0 Å². The normalized spacial score (nSPS) is 21.0. The molecule has 1 amide bonds. The van der Waals surface area contributed by atoms with E-state index in [1.807, 2.05) is 60.2 Å². The van der Waals surface area contributed by atoms with Gasteiger partial charge >= 0.3 is 0 Å². The highest BCUT2D eigenvalue weighted by molar-refractivity contribution is 5.95. The number of carbonyl (C=O) groups excluding carboxylic acids is 1. The Kier molecular flexibility index (Phi) is 4.65. The van der Waals surface area contributed by atoms with Crippen LogP contribution >= 0.6 is 0 Å². The van der Waals surface area contributed by atoms with Crippen LogP contribution in [0.5, 0.6) is 0 Å². The van der Waals surface area contributed by atoms with Gasteiger partial charge in [0.05, 0.1) is 12.1 Å². The minimum atomic E-state index is -0.00208. The molecule has 0 saturated heterocycles. The van der Waals surface area contributed by atoms with Crippen molar-refractivity contribution >= 4 is 11.6 Å². The second kappa shape index (κ2) is 6.86. The van der Waals surface area contributed by atoms with Gasteiger partial charge in [0.1, 0.15) is 0 Å². The van der Waals surface area contributed by atoms with E-state index in [0.29, 0.717) is 5.56 Å². The lowest BCUT2D eigenvalue weighted by Gasteiger charge is -2.32. The van der Waals surface area contributed by atoms with Gasteiger partial charge in [-0.1, -0.05) is 18.9 Å². The SMILES string of the molecule is CN(C)c1cccc(C(=O)N[C@@H]2CCCC[C@H]2n2cccn2)c1. The van der Waals surface area contributed by atoms with Crippen molar-refractivity contribution in [2.45, 2.75) is 37.8 Å². The summed E-state index contributed by atoms with van der Waals surface area (Å²) in [6, 6.07) is 10.1. The van der Waals surface area contributed by atoms with E-state index in [2.05, 4.69) is 10.4 Å². The molecule has 1 fully saturated rings. The zero-order valence-corrected chi connectivity index (χ0v) is 13.8. The van der Waals surface area contributed by atoms with E-state index in [1.54, 1.807) is 6.20 Å². The number of anilines is 1. The molecule has 1 aromatic heterocycles. The van der Waals surface area contributed by atoms with Gasteiger partial charge < -0.3 is 10.2 Å². The Balaban J connectivity index is 1.74. The summed E-state index contributed by atoms with van der Waals surface area (Å²) >= 11 is 0. The smallest absolute Gasteiger partial charge is 0.251 e. The predicted octanol–water partition coefficient (Wildman–Crippen LogP) is 2.86. The predicted molar refractivity (Wildman–Crippen MR) is 91.8 cm³/mol. The molecule has 5 nitrogen and oxygen atoms in total. The molecule has 1 heterocycles. The van der Waals surface area contributed by atoms with Crippen LogP contribution in [0.1, 0.15) is 42.1 Å². The number of carbonyl (C=O) groups is 1. The molecule has 2 aromatic rings. The van der Waals surface area contributed by atoms with Gasteiger partial charge in [-0.15, -0.1) is 0 Å². The molecule has 23 heavy (non-hydrogen) atoms. The van der Waals surface area contributed by atoms with Crippen LogP contribution in [0, 0.1) is 0 Å². The van der Waals surface area contributed by atoms with E-state index in [9.17, 15) is 4.79 Å². The van der Waals surface area contributed by atoms with E-state index < -0.39 is 0 Å². The molecule has 0 aliphatic heterocycles. The van der Waals surface area contributed by atoms with Crippen LogP contribution in [0.3, 0.4) is 0 Å². The number of benzene rings is 1. The monoisotopic (exact) mass is 312 g/mol. The summed E-state index contributed by atoms with van der Waals surface area (Å²) in [5.41, 5.74) is 1.74. The maximum absolute atomic E-state index is 12.6. The Bertz CT molecular complexity index is 651. The van der Waals surface area contributed by atoms with Gasteiger partial charge in [-0.05, 0) is 37.1 Å². The fourth-order valence-corrected chi connectivity index (χ4v) is 3.25. The number of nitrogens with zero attached hydrogens (tertiary/aromatic N) is 3. The number of hydrogen-bond donors (Lipinski definition) is 1. The van der Waals surface area contributed by atoms with Crippen molar-refractivity contribution in [3.8, 4) is 0 Å². The molecule has 1 saturated carbocycles. The molecular weight excluding hydrogens is 288 g/mol. The fourth-order valence-electron chi connectivity index (χ4n) is 3.25. The molecule has 0 unspecified atom stereocenters. The van der Waals surface area contributed by atoms with Crippen molar-refractivity contribution in [3.63, 3.8) is 0 Å². The molecule has 3 rings (SSSR count). The van der Waals surface area contributed by atoms with Gasteiger partial charge in [0.15, 0.2) is 0 Å². The van der Waals surface area contributed by atoms with Crippen molar-refractivity contribution in [3.05, 3.63) is 48.3 Å². The third-order valence-electron chi connectivity index (χ3n) is 4.54.